The summed E-state index contributed by atoms with van der Waals surface area (Å²) in [5, 5.41) is 9.67. The Labute approximate surface area is 153 Å². The zero-order valence-electron chi connectivity index (χ0n) is 15.3. The average molecular weight is 355 g/mol. The maximum absolute atomic E-state index is 12.5. The Hall–Kier alpha value is -2.66. The van der Waals surface area contributed by atoms with Gasteiger partial charge in [-0.1, -0.05) is 60.7 Å². The van der Waals surface area contributed by atoms with Crippen LogP contribution in [0.15, 0.2) is 60.7 Å². The smallest absolute Gasteiger partial charge is 0.322 e. The van der Waals surface area contributed by atoms with Gasteiger partial charge in [0.05, 0.1) is 0 Å². The number of benzene rings is 2. The van der Waals surface area contributed by atoms with Gasteiger partial charge < -0.3 is 15.6 Å². The van der Waals surface area contributed by atoms with Crippen molar-refractivity contribution in [2.45, 2.75) is 38.3 Å². The number of carboxylic acid groups (broad SMARTS) is 1. The molecule has 5 heteroatoms. The van der Waals surface area contributed by atoms with E-state index in [-0.39, 0.29) is 0 Å². The summed E-state index contributed by atoms with van der Waals surface area (Å²) in [6.45, 7) is 5.09. The number of rotatable bonds is 6. The van der Waals surface area contributed by atoms with Crippen molar-refractivity contribution in [3.63, 3.8) is 0 Å². The van der Waals surface area contributed by atoms with Gasteiger partial charge in [-0.3, -0.25) is 9.59 Å². The van der Waals surface area contributed by atoms with E-state index < -0.39 is 35.4 Å². The topological polar surface area (TPSA) is 89.6 Å². The van der Waals surface area contributed by atoms with Crippen LogP contribution >= 0.6 is 0 Å². The van der Waals surface area contributed by atoms with Crippen molar-refractivity contribution in [1.82, 2.24) is 0 Å². The van der Waals surface area contributed by atoms with E-state index in [4.69, 9.17) is 10.5 Å². The highest BCUT2D eigenvalue weighted by molar-refractivity contribution is 5.95. The van der Waals surface area contributed by atoms with Crippen molar-refractivity contribution in [2.24, 2.45) is 11.7 Å². The minimum absolute atomic E-state index is 0.453. The fourth-order valence-corrected chi connectivity index (χ4v) is 2.94. The molecule has 0 heterocycles. The Morgan fingerprint density at radius 1 is 0.923 bits per heavy atom. The summed E-state index contributed by atoms with van der Waals surface area (Å²) in [6.07, 6.45) is 0. The summed E-state index contributed by atoms with van der Waals surface area (Å²) >= 11 is 0. The maximum Gasteiger partial charge on any atom is 0.322 e. The fraction of sp³-hybridized carbons (Fsp3) is 0.333. The third kappa shape index (κ3) is 4.92. The summed E-state index contributed by atoms with van der Waals surface area (Å²) in [5.74, 6) is -4.04. The van der Waals surface area contributed by atoms with Crippen LogP contribution in [0.2, 0.25) is 0 Å². The second-order valence-electron chi connectivity index (χ2n) is 7.23. The number of hydrogen-bond donors (Lipinski definition) is 2. The van der Waals surface area contributed by atoms with E-state index in [0.29, 0.717) is 0 Å². The molecule has 0 aromatic heterocycles. The number of esters is 1. The molecule has 0 spiro atoms. The van der Waals surface area contributed by atoms with Gasteiger partial charge in [0.2, 0.25) is 0 Å². The number of carboxylic acids is 1. The summed E-state index contributed by atoms with van der Waals surface area (Å²) in [7, 11) is 0. The Bertz CT molecular complexity index is 698. The molecule has 0 amide bonds. The minimum Gasteiger partial charge on any atom is -0.481 e. The first-order chi connectivity index (χ1) is 12.2. The Morgan fingerprint density at radius 3 is 1.69 bits per heavy atom. The molecule has 2 aromatic rings. The van der Waals surface area contributed by atoms with E-state index in [1.165, 1.54) is 0 Å². The summed E-state index contributed by atoms with van der Waals surface area (Å²) < 4.78 is 5.30. The summed E-state index contributed by atoms with van der Waals surface area (Å²) in [4.78, 5) is 24.4. The third-order valence-electron chi connectivity index (χ3n) is 4.01. The van der Waals surface area contributed by atoms with Crippen molar-refractivity contribution < 1.29 is 19.4 Å². The molecule has 0 aliphatic heterocycles. The molecule has 0 aliphatic rings. The predicted molar refractivity (Wildman–Crippen MR) is 99.7 cm³/mol. The van der Waals surface area contributed by atoms with Gasteiger partial charge in [0, 0.05) is 12.0 Å². The van der Waals surface area contributed by atoms with E-state index in [0.717, 1.165) is 11.1 Å². The molecule has 138 valence electrons. The number of aliphatic carboxylic acids is 1. The van der Waals surface area contributed by atoms with Crippen LogP contribution in [0.1, 0.15) is 37.8 Å². The quantitative estimate of drug-likeness (QED) is 0.613. The SMILES string of the molecule is CC(C)(C)OC(=O)[C@H](C(=O)O)[C@@H](N)C(c1ccccc1)c1ccccc1. The lowest BCUT2D eigenvalue weighted by Crippen LogP contribution is -2.47. The highest BCUT2D eigenvalue weighted by Crippen LogP contribution is 2.31. The van der Waals surface area contributed by atoms with Crippen molar-refractivity contribution in [3.8, 4) is 0 Å². The van der Waals surface area contributed by atoms with Crippen LogP contribution in [-0.4, -0.2) is 28.7 Å². The molecule has 2 atom stereocenters. The highest BCUT2D eigenvalue weighted by atomic mass is 16.6. The lowest BCUT2D eigenvalue weighted by molar-refractivity contribution is -0.167. The lowest BCUT2D eigenvalue weighted by Gasteiger charge is -2.30. The molecular weight excluding hydrogens is 330 g/mol. The largest absolute Gasteiger partial charge is 0.481 e. The number of nitrogens with two attached hydrogens (primary N) is 1. The van der Waals surface area contributed by atoms with Crippen LogP contribution in [0.25, 0.3) is 0 Å². The van der Waals surface area contributed by atoms with Gasteiger partial charge >= 0.3 is 11.9 Å². The monoisotopic (exact) mass is 355 g/mol. The second-order valence-corrected chi connectivity index (χ2v) is 7.23. The molecule has 3 N–H and O–H groups in total. The fourth-order valence-electron chi connectivity index (χ4n) is 2.94. The third-order valence-corrected chi connectivity index (χ3v) is 4.01. The van der Waals surface area contributed by atoms with Gasteiger partial charge in [-0.25, -0.2) is 0 Å². The lowest BCUT2D eigenvalue weighted by atomic mass is 9.79. The van der Waals surface area contributed by atoms with Gasteiger partial charge in [0.15, 0.2) is 5.92 Å². The van der Waals surface area contributed by atoms with Gasteiger partial charge in [0.25, 0.3) is 0 Å². The van der Waals surface area contributed by atoms with E-state index in [9.17, 15) is 14.7 Å². The first-order valence-corrected chi connectivity index (χ1v) is 8.52. The van der Waals surface area contributed by atoms with E-state index >= 15 is 0 Å². The molecule has 0 fully saturated rings. The number of carbonyl (C=O) groups is 2. The van der Waals surface area contributed by atoms with Crippen molar-refractivity contribution >= 4 is 11.9 Å². The van der Waals surface area contributed by atoms with E-state index in [1.807, 2.05) is 60.7 Å². The molecule has 0 saturated heterocycles. The molecular formula is C21H25NO4. The van der Waals surface area contributed by atoms with Crippen LogP contribution < -0.4 is 5.73 Å². The highest BCUT2D eigenvalue weighted by Gasteiger charge is 2.41. The average Bonchev–Trinajstić information content (AvgIpc) is 2.55. The molecule has 26 heavy (non-hydrogen) atoms. The van der Waals surface area contributed by atoms with Crippen LogP contribution in [0.5, 0.6) is 0 Å². The summed E-state index contributed by atoms with van der Waals surface area (Å²) in [5.41, 5.74) is 7.27. The predicted octanol–water partition coefficient (Wildman–Crippen LogP) is 3.19. The Kier molecular flexibility index (Phi) is 6.16. The number of carbonyl (C=O) groups excluding carboxylic acids is 1. The molecule has 0 radical (unpaired) electrons. The zero-order chi connectivity index (χ0) is 19.3. The van der Waals surface area contributed by atoms with Gasteiger partial charge in [-0.15, -0.1) is 0 Å². The molecule has 5 nitrogen and oxygen atoms in total. The van der Waals surface area contributed by atoms with Crippen LogP contribution in [-0.2, 0) is 14.3 Å². The molecule has 0 saturated carbocycles. The normalized spacial score (nSPS) is 13.9. The van der Waals surface area contributed by atoms with Crippen molar-refractivity contribution in [2.75, 3.05) is 0 Å². The standard InChI is InChI=1S/C21H25NO4/c1-21(2,3)26-20(25)17(19(23)24)18(22)16(14-10-6-4-7-11-14)15-12-8-5-9-13-15/h4-13,16-18H,22H2,1-3H3,(H,23,24)/t17-,18-/m0/s1. The van der Waals surface area contributed by atoms with E-state index in [1.54, 1.807) is 20.8 Å². The maximum atomic E-state index is 12.5. The number of hydrogen-bond acceptors (Lipinski definition) is 4. The first kappa shape index (κ1) is 19.7. The molecule has 0 unspecified atom stereocenters. The molecule has 0 bridgehead atoms. The first-order valence-electron chi connectivity index (χ1n) is 8.52. The van der Waals surface area contributed by atoms with Crippen LogP contribution in [0, 0.1) is 5.92 Å². The number of ether oxygens (including phenoxy) is 1. The van der Waals surface area contributed by atoms with Gasteiger partial charge in [0.1, 0.15) is 5.60 Å². The van der Waals surface area contributed by atoms with Gasteiger partial charge in [-0.05, 0) is 31.9 Å². The molecule has 2 rings (SSSR count). The van der Waals surface area contributed by atoms with E-state index in [2.05, 4.69) is 0 Å². The van der Waals surface area contributed by atoms with Crippen molar-refractivity contribution in [1.29, 1.82) is 0 Å². The Balaban J connectivity index is 2.45. The molecule has 2 aromatic carbocycles. The van der Waals surface area contributed by atoms with Crippen LogP contribution in [0.4, 0.5) is 0 Å². The van der Waals surface area contributed by atoms with Gasteiger partial charge in [-0.2, -0.15) is 0 Å². The second kappa shape index (κ2) is 8.15. The zero-order valence-corrected chi connectivity index (χ0v) is 15.3. The van der Waals surface area contributed by atoms with Crippen LogP contribution in [0.3, 0.4) is 0 Å². The molecule has 0 aliphatic carbocycles. The minimum atomic E-state index is -1.47. The van der Waals surface area contributed by atoms with Crippen molar-refractivity contribution in [3.05, 3.63) is 71.8 Å². The Morgan fingerprint density at radius 2 is 1.35 bits per heavy atom. The summed E-state index contributed by atoms with van der Waals surface area (Å²) in [6, 6.07) is 17.7.